The molecule has 0 bridgehead atoms. The maximum absolute atomic E-state index is 13.1. The zero-order chi connectivity index (χ0) is 24.0. The molecule has 0 saturated carbocycles. The van der Waals surface area contributed by atoms with Crippen LogP contribution in [0.1, 0.15) is 34.0 Å². The normalized spacial score (nSPS) is 11.4. The minimum absolute atomic E-state index is 0.0324. The molecule has 0 aliphatic heterocycles. The van der Waals surface area contributed by atoms with Crippen molar-refractivity contribution >= 4 is 15.9 Å². The van der Waals surface area contributed by atoms with Crippen LogP contribution in [0.4, 0.5) is 4.39 Å². The molecule has 0 aliphatic carbocycles. The van der Waals surface area contributed by atoms with Crippen molar-refractivity contribution in [2.24, 2.45) is 0 Å². The maximum atomic E-state index is 13.1. The number of aryl methyl sites for hydroxylation is 1. The smallest absolute Gasteiger partial charge is 0.251 e. The number of benzene rings is 3. The Labute approximate surface area is 194 Å². The van der Waals surface area contributed by atoms with Gasteiger partial charge in [0.25, 0.3) is 5.91 Å². The van der Waals surface area contributed by atoms with Crippen LogP contribution in [0.2, 0.25) is 0 Å². The highest BCUT2D eigenvalue weighted by Crippen LogP contribution is 2.25. The van der Waals surface area contributed by atoms with E-state index in [0.717, 1.165) is 11.1 Å². The lowest BCUT2D eigenvalue weighted by molar-refractivity contribution is 0.0950. The highest BCUT2D eigenvalue weighted by atomic mass is 32.2. The molecule has 3 aromatic rings. The first kappa shape index (κ1) is 24.4. The summed E-state index contributed by atoms with van der Waals surface area (Å²) >= 11 is 0. The number of sulfonamides is 1. The average molecular weight is 471 g/mol. The van der Waals surface area contributed by atoms with Crippen LogP contribution < -0.4 is 10.1 Å². The number of nitrogens with one attached hydrogen (secondary N) is 1. The van der Waals surface area contributed by atoms with E-state index >= 15 is 0 Å². The topological polar surface area (TPSA) is 75.7 Å². The number of rotatable bonds is 9. The highest BCUT2D eigenvalue weighted by molar-refractivity contribution is 7.89. The standard InChI is InChI=1S/C25H27FN2O4S/c1-4-32-24-14-9-20(25(29)27-16-19-7-10-22(26)11-8-19)15-21(24)17-28(3)33(30,31)23-12-5-18(2)6-13-23/h5-15H,4,16-17H2,1-3H3,(H,27,29). The molecule has 1 N–H and O–H groups in total. The molecule has 0 atom stereocenters. The number of carbonyl (C=O) groups excluding carboxylic acids is 1. The van der Waals surface area contributed by atoms with Crippen molar-refractivity contribution in [1.29, 1.82) is 0 Å². The summed E-state index contributed by atoms with van der Waals surface area (Å²) < 4.78 is 46.0. The Morgan fingerprint density at radius 2 is 1.70 bits per heavy atom. The van der Waals surface area contributed by atoms with Gasteiger partial charge < -0.3 is 10.1 Å². The number of halogens is 1. The van der Waals surface area contributed by atoms with E-state index in [1.54, 1.807) is 54.6 Å². The van der Waals surface area contributed by atoms with Crippen LogP contribution in [0.15, 0.2) is 71.6 Å². The fourth-order valence-electron chi connectivity index (χ4n) is 3.24. The lowest BCUT2D eigenvalue weighted by Crippen LogP contribution is -2.27. The molecule has 33 heavy (non-hydrogen) atoms. The van der Waals surface area contributed by atoms with Crippen molar-refractivity contribution in [3.63, 3.8) is 0 Å². The van der Waals surface area contributed by atoms with E-state index in [-0.39, 0.29) is 29.7 Å². The monoisotopic (exact) mass is 470 g/mol. The van der Waals surface area contributed by atoms with Gasteiger partial charge in [-0.15, -0.1) is 0 Å². The largest absolute Gasteiger partial charge is 0.494 e. The van der Waals surface area contributed by atoms with Gasteiger partial charge in [-0.3, -0.25) is 4.79 Å². The van der Waals surface area contributed by atoms with E-state index < -0.39 is 10.0 Å². The Balaban J connectivity index is 1.79. The van der Waals surface area contributed by atoms with Crippen molar-refractivity contribution in [2.75, 3.05) is 13.7 Å². The predicted molar refractivity (Wildman–Crippen MR) is 125 cm³/mol. The number of nitrogens with zero attached hydrogens (tertiary/aromatic N) is 1. The SMILES string of the molecule is CCOc1ccc(C(=O)NCc2ccc(F)cc2)cc1CN(C)S(=O)(=O)c1ccc(C)cc1. The van der Waals surface area contributed by atoms with E-state index in [1.165, 1.54) is 23.5 Å². The van der Waals surface area contributed by atoms with Gasteiger partial charge in [0.05, 0.1) is 11.5 Å². The molecule has 0 aromatic heterocycles. The summed E-state index contributed by atoms with van der Waals surface area (Å²) in [7, 11) is -2.23. The first-order valence-electron chi connectivity index (χ1n) is 10.5. The molecule has 3 aromatic carbocycles. The first-order chi connectivity index (χ1) is 15.7. The number of hydrogen-bond acceptors (Lipinski definition) is 4. The fourth-order valence-corrected chi connectivity index (χ4v) is 4.39. The van der Waals surface area contributed by atoms with Crippen LogP contribution in [0.25, 0.3) is 0 Å². The number of ether oxygens (including phenoxy) is 1. The van der Waals surface area contributed by atoms with Gasteiger partial charge in [-0.25, -0.2) is 12.8 Å². The third kappa shape index (κ3) is 6.18. The Kier molecular flexibility index (Phi) is 7.84. The van der Waals surface area contributed by atoms with E-state index in [0.29, 0.717) is 23.5 Å². The molecule has 0 heterocycles. The molecular formula is C25H27FN2O4S. The molecule has 8 heteroatoms. The summed E-state index contributed by atoms with van der Waals surface area (Å²) in [5.41, 5.74) is 2.68. The lowest BCUT2D eigenvalue weighted by Gasteiger charge is -2.20. The van der Waals surface area contributed by atoms with Crippen molar-refractivity contribution in [3.05, 3.63) is 94.8 Å². The summed E-state index contributed by atoms with van der Waals surface area (Å²) in [6.45, 7) is 4.40. The Hall–Kier alpha value is -3.23. The Morgan fingerprint density at radius 3 is 2.33 bits per heavy atom. The lowest BCUT2D eigenvalue weighted by atomic mass is 10.1. The molecule has 0 fully saturated rings. The predicted octanol–water partition coefficient (Wildman–Crippen LogP) is 4.28. The van der Waals surface area contributed by atoms with Gasteiger partial charge in [0.15, 0.2) is 0 Å². The molecule has 1 amide bonds. The van der Waals surface area contributed by atoms with Gasteiger partial charge in [0.2, 0.25) is 10.0 Å². The first-order valence-corrected chi connectivity index (χ1v) is 12.0. The summed E-state index contributed by atoms with van der Waals surface area (Å²) in [6, 6.07) is 17.4. The van der Waals surface area contributed by atoms with Crippen molar-refractivity contribution < 1.29 is 22.3 Å². The maximum Gasteiger partial charge on any atom is 0.251 e. The van der Waals surface area contributed by atoms with Crippen LogP contribution in [0.5, 0.6) is 5.75 Å². The van der Waals surface area contributed by atoms with E-state index in [9.17, 15) is 17.6 Å². The molecule has 0 radical (unpaired) electrons. The van der Waals surface area contributed by atoms with Crippen molar-refractivity contribution in [2.45, 2.75) is 31.8 Å². The molecule has 0 saturated heterocycles. The van der Waals surface area contributed by atoms with Gasteiger partial charge in [-0.05, 0) is 61.9 Å². The van der Waals surface area contributed by atoms with Gasteiger partial charge in [0.1, 0.15) is 11.6 Å². The summed E-state index contributed by atoms with van der Waals surface area (Å²) in [5.74, 6) is -0.155. The van der Waals surface area contributed by atoms with Crippen LogP contribution in [-0.4, -0.2) is 32.3 Å². The average Bonchev–Trinajstić information content (AvgIpc) is 2.80. The molecule has 0 aliphatic rings. The van der Waals surface area contributed by atoms with Crippen LogP contribution in [-0.2, 0) is 23.1 Å². The molecule has 6 nitrogen and oxygen atoms in total. The Morgan fingerprint density at radius 1 is 1.03 bits per heavy atom. The number of amides is 1. The second kappa shape index (κ2) is 10.6. The minimum atomic E-state index is -3.72. The van der Waals surface area contributed by atoms with Crippen LogP contribution in [0.3, 0.4) is 0 Å². The molecule has 0 unspecified atom stereocenters. The van der Waals surface area contributed by atoms with Gasteiger partial charge in [-0.1, -0.05) is 29.8 Å². The van der Waals surface area contributed by atoms with Gasteiger partial charge >= 0.3 is 0 Å². The van der Waals surface area contributed by atoms with Crippen molar-refractivity contribution in [1.82, 2.24) is 9.62 Å². The quantitative estimate of drug-likeness (QED) is 0.506. The summed E-state index contributed by atoms with van der Waals surface area (Å²) in [4.78, 5) is 12.9. The minimum Gasteiger partial charge on any atom is -0.494 e. The van der Waals surface area contributed by atoms with E-state index in [4.69, 9.17) is 4.74 Å². The van der Waals surface area contributed by atoms with Crippen LogP contribution in [0, 0.1) is 12.7 Å². The second-order valence-electron chi connectivity index (χ2n) is 7.64. The molecular weight excluding hydrogens is 443 g/mol. The summed E-state index contributed by atoms with van der Waals surface area (Å²) in [5, 5.41) is 2.79. The third-order valence-corrected chi connectivity index (χ3v) is 6.93. The van der Waals surface area contributed by atoms with Crippen LogP contribution >= 0.6 is 0 Å². The third-order valence-electron chi connectivity index (χ3n) is 5.11. The van der Waals surface area contributed by atoms with E-state index in [2.05, 4.69) is 5.32 Å². The molecule has 3 rings (SSSR count). The van der Waals surface area contributed by atoms with Gasteiger partial charge in [0, 0.05) is 31.3 Å². The zero-order valence-electron chi connectivity index (χ0n) is 18.8. The Bertz CT molecular complexity index is 1210. The van der Waals surface area contributed by atoms with Crippen molar-refractivity contribution in [3.8, 4) is 5.75 Å². The summed E-state index contributed by atoms with van der Waals surface area (Å²) in [6.07, 6.45) is 0. The second-order valence-corrected chi connectivity index (χ2v) is 9.68. The zero-order valence-corrected chi connectivity index (χ0v) is 19.7. The fraction of sp³-hybridized carbons (Fsp3) is 0.240. The molecule has 174 valence electrons. The number of hydrogen-bond donors (Lipinski definition) is 1. The van der Waals surface area contributed by atoms with E-state index in [1.807, 2.05) is 13.8 Å². The molecule has 0 spiro atoms. The number of carbonyl (C=O) groups is 1. The van der Waals surface area contributed by atoms with Gasteiger partial charge in [-0.2, -0.15) is 4.31 Å². The highest BCUT2D eigenvalue weighted by Gasteiger charge is 2.22.